The highest BCUT2D eigenvalue weighted by atomic mass is 15.3. The summed E-state index contributed by atoms with van der Waals surface area (Å²) in [6, 6.07) is 0. The SMILES string of the molecule is Cc1c[nH]cc1N(C)c1nc(N)nc(N)n1. The molecule has 0 saturated heterocycles. The van der Waals surface area contributed by atoms with Gasteiger partial charge in [-0.25, -0.2) is 0 Å². The monoisotopic (exact) mass is 219 g/mol. The first-order chi connectivity index (χ1) is 7.58. The first kappa shape index (κ1) is 10.2. The lowest BCUT2D eigenvalue weighted by molar-refractivity contribution is 1.00. The number of nitrogens with one attached hydrogen (secondary N) is 1. The lowest BCUT2D eigenvalue weighted by atomic mass is 10.3. The fraction of sp³-hybridized carbons (Fsp3) is 0.222. The van der Waals surface area contributed by atoms with Gasteiger partial charge in [0.05, 0.1) is 5.69 Å². The zero-order valence-electron chi connectivity index (χ0n) is 9.10. The Bertz CT molecular complexity index is 484. The third-order valence-corrected chi connectivity index (χ3v) is 2.24. The lowest BCUT2D eigenvalue weighted by Crippen LogP contribution is -2.16. The van der Waals surface area contributed by atoms with E-state index >= 15 is 0 Å². The summed E-state index contributed by atoms with van der Waals surface area (Å²) in [4.78, 5) is 16.6. The van der Waals surface area contributed by atoms with Crippen LogP contribution in [0.5, 0.6) is 0 Å². The molecular weight excluding hydrogens is 206 g/mol. The van der Waals surface area contributed by atoms with Crippen LogP contribution >= 0.6 is 0 Å². The lowest BCUT2D eigenvalue weighted by Gasteiger charge is -2.16. The molecule has 0 aliphatic heterocycles. The van der Waals surface area contributed by atoms with Crippen molar-refractivity contribution < 1.29 is 0 Å². The summed E-state index contributed by atoms with van der Waals surface area (Å²) in [7, 11) is 1.84. The minimum Gasteiger partial charge on any atom is -0.368 e. The van der Waals surface area contributed by atoms with Crippen molar-refractivity contribution >= 4 is 23.5 Å². The number of hydrogen-bond donors (Lipinski definition) is 3. The van der Waals surface area contributed by atoms with Crippen LogP contribution in [0.15, 0.2) is 12.4 Å². The minimum atomic E-state index is 0.113. The average molecular weight is 219 g/mol. The molecule has 7 heteroatoms. The van der Waals surface area contributed by atoms with Crippen LogP contribution < -0.4 is 16.4 Å². The van der Waals surface area contributed by atoms with Crippen LogP contribution in [-0.4, -0.2) is 27.0 Å². The third-order valence-electron chi connectivity index (χ3n) is 2.24. The number of H-pyrrole nitrogens is 1. The summed E-state index contributed by atoms with van der Waals surface area (Å²) in [5.74, 6) is 0.651. The van der Waals surface area contributed by atoms with Crippen molar-refractivity contribution in [2.24, 2.45) is 0 Å². The normalized spacial score (nSPS) is 10.4. The quantitative estimate of drug-likeness (QED) is 0.676. The van der Waals surface area contributed by atoms with Crippen molar-refractivity contribution in [3.63, 3.8) is 0 Å². The number of hydrogen-bond acceptors (Lipinski definition) is 6. The summed E-state index contributed by atoms with van der Waals surface area (Å²) in [6.45, 7) is 1.98. The molecule has 0 aliphatic carbocycles. The van der Waals surface area contributed by atoms with Gasteiger partial charge in [0.25, 0.3) is 0 Å². The Hall–Kier alpha value is -2.31. The highest BCUT2D eigenvalue weighted by molar-refractivity contribution is 5.60. The molecule has 0 aliphatic rings. The topological polar surface area (TPSA) is 110 Å². The van der Waals surface area contributed by atoms with E-state index in [1.807, 2.05) is 26.4 Å². The molecule has 0 amide bonds. The first-order valence-corrected chi connectivity index (χ1v) is 4.72. The Morgan fingerprint density at radius 3 is 2.25 bits per heavy atom. The summed E-state index contributed by atoms with van der Waals surface area (Å²) in [6.07, 6.45) is 3.74. The Kier molecular flexibility index (Phi) is 2.35. The minimum absolute atomic E-state index is 0.113. The zero-order chi connectivity index (χ0) is 11.7. The fourth-order valence-electron chi connectivity index (χ4n) is 1.45. The number of nitrogens with two attached hydrogens (primary N) is 2. The first-order valence-electron chi connectivity index (χ1n) is 4.72. The molecule has 2 aromatic heterocycles. The number of nitrogens with zero attached hydrogens (tertiary/aromatic N) is 4. The maximum atomic E-state index is 5.51. The highest BCUT2D eigenvalue weighted by Crippen LogP contribution is 2.23. The molecule has 0 fully saturated rings. The zero-order valence-corrected chi connectivity index (χ0v) is 9.10. The van der Waals surface area contributed by atoms with Crippen molar-refractivity contribution in [2.75, 3.05) is 23.4 Å². The second kappa shape index (κ2) is 3.69. The molecule has 0 unspecified atom stereocenters. The Morgan fingerprint density at radius 2 is 1.75 bits per heavy atom. The molecule has 0 bridgehead atoms. The van der Waals surface area contributed by atoms with E-state index in [2.05, 4.69) is 19.9 Å². The molecular formula is C9H13N7. The number of anilines is 4. The van der Waals surface area contributed by atoms with Gasteiger partial charge in [0.2, 0.25) is 17.8 Å². The number of nitrogen functional groups attached to an aromatic ring is 2. The van der Waals surface area contributed by atoms with Gasteiger partial charge in [-0.3, -0.25) is 0 Å². The maximum Gasteiger partial charge on any atom is 0.236 e. The predicted molar refractivity (Wildman–Crippen MR) is 62.2 cm³/mol. The van der Waals surface area contributed by atoms with Gasteiger partial charge in [0.15, 0.2) is 0 Å². The number of aromatic nitrogens is 4. The van der Waals surface area contributed by atoms with Gasteiger partial charge < -0.3 is 21.4 Å². The van der Waals surface area contributed by atoms with Crippen LogP contribution in [0.1, 0.15) is 5.56 Å². The van der Waals surface area contributed by atoms with Gasteiger partial charge in [0.1, 0.15) is 0 Å². The van der Waals surface area contributed by atoms with Gasteiger partial charge in [-0.15, -0.1) is 0 Å². The molecule has 2 aromatic rings. The summed E-state index contributed by atoms with van der Waals surface area (Å²) < 4.78 is 0. The van der Waals surface area contributed by atoms with Crippen molar-refractivity contribution in [3.05, 3.63) is 18.0 Å². The summed E-state index contributed by atoms with van der Waals surface area (Å²) in [5.41, 5.74) is 13.1. The largest absolute Gasteiger partial charge is 0.368 e. The Labute approximate surface area is 92.5 Å². The van der Waals surface area contributed by atoms with Crippen LogP contribution in [0.25, 0.3) is 0 Å². The van der Waals surface area contributed by atoms with Crippen LogP contribution in [0, 0.1) is 6.92 Å². The van der Waals surface area contributed by atoms with E-state index in [1.165, 1.54) is 0 Å². The molecule has 0 aromatic carbocycles. The summed E-state index contributed by atoms with van der Waals surface area (Å²) >= 11 is 0. The van der Waals surface area contributed by atoms with E-state index in [0.29, 0.717) is 5.95 Å². The molecule has 84 valence electrons. The molecule has 0 atom stereocenters. The van der Waals surface area contributed by atoms with Gasteiger partial charge >= 0.3 is 0 Å². The van der Waals surface area contributed by atoms with Crippen LogP contribution in [-0.2, 0) is 0 Å². The standard InChI is InChI=1S/C9H13N7/c1-5-3-12-4-6(5)16(2)9-14-7(10)13-8(11)15-9/h3-4,12H,1-2H3,(H4,10,11,13,14,15). The molecule has 0 spiro atoms. The Balaban J connectivity index is 2.41. The molecule has 7 nitrogen and oxygen atoms in total. The predicted octanol–water partition coefficient (Wildman–Crippen LogP) is 0.440. The molecule has 0 saturated carbocycles. The second-order valence-corrected chi connectivity index (χ2v) is 3.43. The molecule has 2 heterocycles. The van der Waals surface area contributed by atoms with E-state index in [1.54, 1.807) is 4.90 Å². The number of aryl methyl sites for hydroxylation is 1. The molecule has 2 rings (SSSR count). The van der Waals surface area contributed by atoms with Gasteiger partial charge in [-0.05, 0) is 12.5 Å². The van der Waals surface area contributed by atoms with Gasteiger partial charge in [-0.2, -0.15) is 15.0 Å². The highest BCUT2D eigenvalue weighted by Gasteiger charge is 2.11. The van der Waals surface area contributed by atoms with Crippen molar-refractivity contribution in [1.82, 2.24) is 19.9 Å². The van der Waals surface area contributed by atoms with Crippen LogP contribution in [0.3, 0.4) is 0 Å². The van der Waals surface area contributed by atoms with Crippen LogP contribution in [0.2, 0.25) is 0 Å². The third kappa shape index (κ3) is 1.74. The smallest absolute Gasteiger partial charge is 0.236 e. The molecule has 16 heavy (non-hydrogen) atoms. The van der Waals surface area contributed by atoms with E-state index in [9.17, 15) is 0 Å². The average Bonchev–Trinajstić information content (AvgIpc) is 2.62. The van der Waals surface area contributed by atoms with Crippen molar-refractivity contribution in [2.45, 2.75) is 6.92 Å². The molecule has 0 radical (unpaired) electrons. The van der Waals surface area contributed by atoms with E-state index in [4.69, 9.17) is 11.5 Å². The van der Waals surface area contributed by atoms with Crippen molar-refractivity contribution in [1.29, 1.82) is 0 Å². The fourth-order valence-corrected chi connectivity index (χ4v) is 1.45. The van der Waals surface area contributed by atoms with Gasteiger partial charge in [-0.1, -0.05) is 0 Å². The second-order valence-electron chi connectivity index (χ2n) is 3.43. The number of aromatic amines is 1. The Morgan fingerprint density at radius 1 is 1.12 bits per heavy atom. The maximum absolute atomic E-state index is 5.51. The summed E-state index contributed by atoms with van der Waals surface area (Å²) in [5, 5.41) is 0. The van der Waals surface area contributed by atoms with E-state index < -0.39 is 0 Å². The molecule has 5 N–H and O–H groups in total. The van der Waals surface area contributed by atoms with Gasteiger partial charge in [0, 0.05) is 19.4 Å². The van der Waals surface area contributed by atoms with E-state index in [-0.39, 0.29) is 11.9 Å². The number of rotatable bonds is 2. The van der Waals surface area contributed by atoms with Crippen molar-refractivity contribution in [3.8, 4) is 0 Å². The van der Waals surface area contributed by atoms with E-state index in [0.717, 1.165) is 11.3 Å². The van der Waals surface area contributed by atoms with Crippen LogP contribution in [0.4, 0.5) is 23.5 Å².